The molecule has 1 aliphatic heterocycles. The Hall–Kier alpha value is -5.57. The van der Waals surface area contributed by atoms with Gasteiger partial charge in [0, 0.05) is 50.4 Å². The number of ether oxygens (including phenoxy) is 2. The van der Waals surface area contributed by atoms with E-state index in [1.165, 1.54) is 54.2 Å². The number of carbonyl (C=O) groups excluding carboxylic acids is 2. The van der Waals surface area contributed by atoms with Crippen LogP contribution in [0.2, 0.25) is 0 Å². The first-order valence-electron chi connectivity index (χ1n) is 17.3. The minimum atomic E-state index is -3.13. The number of pyridine rings is 2. The Kier molecular flexibility index (Phi) is 9.53. The number of anilines is 1. The molecule has 7 rings (SSSR count). The van der Waals surface area contributed by atoms with E-state index in [4.69, 9.17) is 9.47 Å². The number of fused-ring (bicyclic) bond motifs is 2. The van der Waals surface area contributed by atoms with E-state index in [-0.39, 0.29) is 66.6 Å². The molecule has 0 unspecified atom stereocenters. The largest absolute Gasteiger partial charge is 0.464 e. The Morgan fingerprint density at radius 3 is 2.64 bits per heavy atom. The fraction of sp³-hybridized carbons (Fsp3) is 0.368. The quantitative estimate of drug-likeness (QED) is 0.209. The molecule has 1 N–H and O–H groups in total. The smallest absolute Gasteiger partial charge is 0.335 e. The first-order valence-corrected chi connectivity index (χ1v) is 17.3. The number of esters is 1. The second-order valence-electron chi connectivity index (χ2n) is 13.7. The van der Waals surface area contributed by atoms with E-state index < -0.39 is 46.9 Å². The molecule has 0 radical (unpaired) electrons. The van der Waals surface area contributed by atoms with E-state index >= 15 is 4.39 Å². The van der Waals surface area contributed by atoms with Gasteiger partial charge in [0.2, 0.25) is 0 Å². The normalized spacial score (nSPS) is 16.9. The predicted octanol–water partition coefficient (Wildman–Crippen LogP) is 4.23. The molecule has 2 aromatic carbocycles. The van der Waals surface area contributed by atoms with Crippen molar-refractivity contribution in [2.24, 2.45) is 13.0 Å². The molecular weight excluding hydrogens is 693 g/mol. The molecule has 1 saturated heterocycles. The number of hydrogen-bond donors (Lipinski definition) is 1. The second-order valence-corrected chi connectivity index (χ2v) is 13.7. The molecule has 1 amide bonds. The number of nitrogens with zero attached hydrogens (tertiary/aromatic N) is 5. The molecular formula is C38H37F3N6O6. The van der Waals surface area contributed by atoms with Crippen LogP contribution in [0.15, 0.2) is 70.6 Å². The molecule has 1 saturated carbocycles. The molecule has 2 aliphatic rings. The van der Waals surface area contributed by atoms with Gasteiger partial charge in [0.15, 0.2) is 0 Å². The molecule has 4 heterocycles. The average molecular weight is 731 g/mol. The number of hydrogen-bond acceptors (Lipinski definition) is 9. The highest BCUT2D eigenvalue weighted by Gasteiger charge is 2.41. The summed E-state index contributed by atoms with van der Waals surface area (Å²) in [6, 6.07) is 8.01. The number of aromatic nitrogens is 4. The summed E-state index contributed by atoms with van der Waals surface area (Å²) in [5.41, 5.74) is 0.265. The monoisotopic (exact) mass is 730 g/mol. The van der Waals surface area contributed by atoms with Crippen molar-refractivity contribution in [2.75, 3.05) is 31.3 Å². The summed E-state index contributed by atoms with van der Waals surface area (Å²) in [5, 5.41) is 3.43. The van der Waals surface area contributed by atoms with Crippen molar-refractivity contribution in [3.63, 3.8) is 0 Å². The van der Waals surface area contributed by atoms with E-state index in [1.54, 1.807) is 24.3 Å². The first kappa shape index (κ1) is 35.8. The summed E-state index contributed by atoms with van der Waals surface area (Å²) in [5.74, 6) is -5.46. The van der Waals surface area contributed by atoms with Crippen molar-refractivity contribution in [1.29, 1.82) is 0 Å². The number of carbonyl (C=O) groups is 2. The lowest BCUT2D eigenvalue weighted by molar-refractivity contribution is -0.146. The van der Waals surface area contributed by atoms with Gasteiger partial charge in [-0.3, -0.25) is 24.1 Å². The van der Waals surface area contributed by atoms with Crippen LogP contribution in [0.4, 0.5) is 18.9 Å². The topological polar surface area (TPSA) is 138 Å². The summed E-state index contributed by atoms with van der Waals surface area (Å²) < 4.78 is 57.8. The van der Waals surface area contributed by atoms with Crippen LogP contribution in [0.3, 0.4) is 0 Å². The minimum absolute atomic E-state index is 0.103. The summed E-state index contributed by atoms with van der Waals surface area (Å²) in [6.45, 7) is 2.49. The third-order valence-electron chi connectivity index (χ3n) is 9.87. The van der Waals surface area contributed by atoms with Crippen molar-refractivity contribution in [3.8, 4) is 5.69 Å². The van der Waals surface area contributed by atoms with Crippen molar-refractivity contribution in [3.05, 3.63) is 104 Å². The van der Waals surface area contributed by atoms with Gasteiger partial charge >= 0.3 is 11.7 Å². The molecule has 12 nitrogen and oxygen atoms in total. The number of halogens is 3. The van der Waals surface area contributed by atoms with Crippen LogP contribution in [-0.4, -0.2) is 75.4 Å². The van der Waals surface area contributed by atoms with Crippen LogP contribution >= 0.6 is 0 Å². The fourth-order valence-corrected chi connectivity index (χ4v) is 6.82. The molecule has 276 valence electrons. The van der Waals surface area contributed by atoms with Gasteiger partial charge in [-0.05, 0) is 67.1 Å². The summed E-state index contributed by atoms with van der Waals surface area (Å²) >= 11 is 0. The van der Waals surface area contributed by atoms with Crippen molar-refractivity contribution in [1.82, 2.24) is 24.4 Å². The Labute approximate surface area is 301 Å². The fourth-order valence-electron chi connectivity index (χ4n) is 6.82. The molecule has 2 atom stereocenters. The predicted molar refractivity (Wildman–Crippen MR) is 190 cm³/mol. The van der Waals surface area contributed by atoms with Crippen LogP contribution in [-0.2, 0) is 27.7 Å². The standard InChI is InChI=1S/C38H37F3N6O6/c1-21-15-24(46-13-14-52-20-31(46)38(2,40)41)17-27(39)32(21)34(48)44-28(36(50)53-19-22-6-7-22)16-23-8-9-29(33-25(23)5-4-11-43-33)47-35(49)26-10-12-42-18-30(26)45(3)37(47)51/h4-5,8-12,15,17-18,22,28,31H,6-7,13-14,16,19-20H2,1-3H3,(H,44,48)/t28-,31+/m0/s1. The third kappa shape index (κ3) is 7.00. The van der Waals surface area contributed by atoms with Crippen LogP contribution in [0.25, 0.3) is 27.5 Å². The number of nitrogens with one attached hydrogen (secondary N) is 1. The summed E-state index contributed by atoms with van der Waals surface area (Å²) in [7, 11) is 1.54. The number of alkyl halides is 2. The number of aryl methyl sites for hydroxylation is 2. The lowest BCUT2D eigenvalue weighted by Gasteiger charge is -2.40. The lowest BCUT2D eigenvalue weighted by Crippen LogP contribution is -2.54. The maximum Gasteiger partial charge on any atom is 0.335 e. The average Bonchev–Trinajstić information content (AvgIpc) is 3.97. The molecule has 1 aliphatic carbocycles. The lowest BCUT2D eigenvalue weighted by atomic mass is 9.98. The SMILES string of the molecule is Cc1cc(N2CCOC[C@@H]2C(C)(F)F)cc(F)c1C(=O)N[C@@H](Cc1ccc(-n2c(=O)c3ccncc3n(C)c2=O)c2ncccc12)C(=O)OCC1CC1. The molecule has 53 heavy (non-hydrogen) atoms. The zero-order valence-electron chi connectivity index (χ0n) is 29.3. The zero-order valence-corrected chi connectivity index (χ0v) is 29.3. The van der Waals surface area contributed by atoms with Gasteiger partial charge in [0.1, 0.15) is 17.9 Å². The highest BCUT2D eigenvalue weighted by Crippen LogP contribution is 2.33. The maximum absolute atomic E-state index is 15.8. The van der Waals surface area contributed by atoms with Crippen molar-refractivity contribution >= 4 is 39.4 Å². The molecule has 3 aromatic heterocycles. The third-order valence-corrected chi connectivity index (χ3v) is 9.87. The number of amides is 1. The van der Waals surface area contributed by atoms with Crippen molar-refractivity contribution in [2.45, 2.75) is 51.1 Å². The Bertz CT molecular complexity index is 2350. The van der Waals surface area contributed by atoms with Gasteiger partial charge in [-0.1, -0.05) is 12.1 Å². The van der Waals surface area contributed by atoms with Crippen LogP contribution < -0.4 is 21.5 Å². The van der Waals surface area contributed by atoms with Gasteiger partial charge in [0.05, 0.1) is 53.7 Å². The molecule has 0 bridgehead atoms. The Morgan fingerprint density at radius 1 is 1.11 bits per heavy atom. The highest BCUT2D eigenvalue weighted by molar-refractivity contribution is 5.99. The second kappa shape index (κ2) is 14.1. The summed E-state index contributed by atoms with van der Waals surface area (Å²) in [6.07, 6.45) is 6.13. The van der Waals surface area contributed by atoms with E-state index in [0.29, 0.717) is 22.0 Å². The van der Waals surface area contributed by atoms with E-state index in [9.17, 15) is 28.0 Å². The number of benzene rings is 2. The van der Waals surface area contributed by atoms with Crippen LogP contribution in [0.5, 0.6) is 0 Å². The van der Waals surface area contributed by atoms with Gasteiger partial charge in [0.25, 0.3) is 17.4 Å². The van der Waals surface area contributed by atoms with Crippen LogP contribution in [0, 0.1) is 18.7 Å². The van der Waals surface area contributed by atoms with Crippen LogP contribution in [0.1, 0.15) is 41.3 Å². The van der Waals surface area contributed by atoms with Gasteiger partial charge in [-0.2, -0.15) is 0 Å². The zero-order chi connectivity index (χ0) is 37.6. The van der Waals surface area contributed by atoms with Crippen molar-refractivity contribution < 1.29 is 32.2 Å². The molecule has 15 heteroatoms. The van der Waals surface area contributed by atoms with E-state index in [1.807, 2.05) is 0 Å². The molecule has 0 spiro atoms. The first-order chi connectivity index (χ1) is 25.3. The van der Waals surface area contributed by atoms with Gasteiger partial charge in [-0.15, -0.1) is 0 Å². The highest BCUT2D eigenvalue weighted by atomic mass is 19.3. The van der Waals surface area contributed by atoms with E-state index in [2.05, 4.69) is 15.3 Å². The maximum atomic E-state index is 15.8. The Balaban J connectivity index is 1.23. The van der Waals surface area contributed by atoms with Gasteiger partial charge < -0.3 is 19.7 Å². The van der Waals surface area contributed by atoms with Gasteiger partial charge in [-0.25, -0.2) is 27.3 Å². The molecule has 2 fully saturated rings. The van der Waals surface area contributed by atoms with E-state index in [0.717, 1.165) is 30.4 Å². The number of rotatable bonds is 10. The Morgan fingerprint density at radius 2 is 1.91 bits per heavy atom. The molecule has 5 aromatic rings. The summed E-state index contributed by atoms with van der Waals surface area (Å²) in [4.78, 5) is 64.3. The minimum Gasteiger partial charge on any atom is -0.464 e. The number of morpholine rings is 1.